The van der Waals surface area contributed by atoms with Crippen LogP contribution in [0.2, 0.25) is 10.0 Å². The number of halogens is 2. The molecule has 0 amide bonds. The van der Waals surface area contributed by atoms with E-state index in [9.17, 15) is 4.79 Å². The average Bonchev–Trinajstić information content (AvgIpc) is 2.45. The molecule has 3 N–H and O–H groups in total. The van der Waals surface area contributed by atoms with E-state index in [4.69, 9.17) is 33.7 Å². The number of nitrogen functional groups attached to an aromatic ring is 1. The zero-order valence-corrected chi connectivity index (χ0v) is 13.0. The number of benzene rings is 2. The molecule has 4 nitrogen and oxygen atoms in total. The number of rotatable bonds is 3. The molecular formula is C15H14Cl2N2O2. The molecule has 2 aromatic carbocycles. The van der Waals surface area contributed by atoms with Crippen molar-refractivity contribution in [3.05, 3.63) is 51.5 Å². The predicted octanol–water partition coefficient (Wildman–Crippen LogP) is 4.41. The van der Waals surface area contributed by atoms with Crippen molar-refractivity contribution in [3.63, 3.8) is 0 Å². The third kappa shape index (κ3) is 3.40. The Hall–Kier alpha value is -1.91. The van der Waals surface area contributed by atoms with Gasteiger partial charge in [0, 0.05) is 10.7 Å². The van der Waals surface area contributed by atoms with Crippen LogP contribution in [0.4, 0.5) is 17.1 Å². The molecule has 0 radical (unpaired) electrons. The Morgan fingerprint density at radius 3 is 2.52 bits per heavy atom. The minimum absolute atomic E-state index is 0.324. The number of nitrogens with two attached hydrogens (primary N) is 1. The zero-order valence-electron chi connectivity index (χ0n) is 11.5. The fraction of sp³-hybridized carbons (Fsp3) is 0.133. The fourth-order valence-corrected chi connectivity index (χ4v) is 2.27. The summed E-state index contributed by atoms with van der Waals surface area (Å²) in [5.41, 5.74) is 8.51. The van der Waals surface area contributed by atoms with Gasteiger partial charge in [0.15, 0.2) is 0 Å². The number of anilines is 3. The maximum Gasteiger partial charge on any atom is 0.340 e. The van der Waals surface area contributed by atoms with Crippen LogP contribution in [0.25, 0.3) is 0 Å². The standard InChI is InChI=1S/C15H14Cl2N2O2/c1-8-5-12(17)14(7-11(8)16)19-13-4-3-9(18)6-10(13)15(20)21-2/h3-7,19H,18H2,1-2H3. The van der Waals surface area contributed by atoms with E-state index in [-0.39, 0.29) is 0 Å². The van der Waals surface area contributed by atoms with Gasteiger partial charge in [-0.05, 0) is 42.8 Å². The largest absolute Gasteiger partial charge is 0.465 e. The second kappa shape index (κ2) is 6.24. The molecule has 0 fully saturated rings. The molecule has 0 spiro atoms. The first-order valence-electron chi connectivity index (χ1n) is 6.13. The summed E-state index contributed by atoms with van der Waals surface area (Å²) in [6.45, 7) is 1.86. The Kier molecular flexibility index (Phi) is 4.60. The molecule has 0 heterocycles. The monoisotopic (exact) mass is 324 g/mol. The molecule has 2 rings (SSSR count). The Balaban J connectivity index is 2.44. The molecular weight excluding hydrogens is 311 g/mol. The maximum absolute atomic E-state index is 11.8. The first-order chi connectivity index (χ1) is 9.92. The van der Waals surface area contributed by atoms with Crippen molar-refractivity contribution in [2.24, 2.45) is 0 Å². The molecule has 21 heavy (non-hydrogen) atoms. The Morgan fingerprint density at radius 2 is 1.86 bits per heavy atom. The highest BCUT2D eigenvalue weighted by Crippen LogP contribution is 2.32. The molecule has 0 saturated heterocycles. The van der Waals surface area contributed by atoms with Gasteiger partial charge >= 0.3 is 5.97 Å². The quantitative estimate of drug-likeness (QED) is 0.648. The van der Waals surface area contributed by atoms with Gasteiger partial charge in [-0.3, -0.25) is 0 Å². The fourth-order valence-electron chi connectivity index (χ4n) is 1.84. The van der Waals surface area contributed by atoms with Gasteiger partial charge in [-0.1, -0.05) is 23.2 Å². The lowest BCUT2D eigenvalue weighted by Gasteiger charge is -2.14. The Labute approximate surface area is 132 Å². The van der Waals surface area contributed by atoms with Crippen LogP contribution in [0, 0.1) is 6.92 Å². The van der Waals surface area contributed by atoms with Gasteiger partial charge in [0.25, 0.3) is 0 Å². The van der Waals surface area contributed by atoms with E-state index in [1.807, 2.05) is 6.92 Å². The molecule has 110 valence electrons. The summed E-state index contributed by atoms with van der Waals surface area (Å²) in [6.07, 6.45) is 0. The lowest BCUT2D eigenvalue weighted by Crippen LogP contribution is -2.07. The van der Waals surface area contributed by atoms with Crippen molar-refractivity contribution in [2.45, 2.75) is 6.92 Å². The van der Waals surface area contributed by atoms with Gasteiger partial charge in [-0.25, -0.2) is 4.79 Å². The van der Waals surface area contributed by atoms with Gasteiger partial charge in [0.05, 0.1) is 29.1 Å². The highest BCUT2D eigenvalue weighted by atomic mass is 35.5. The molecule has 0 unspecified atom stereocenters. The van der Waals surface area contributed by atoms with Crippen LogP contribution in [0.3, 0.4) is 0 Å². The van der Waals surface area contributed by atoms with Crippen LogP contribution in [-0.4, -0.2) is 13.1 Å². The number of hydrogen-bond acceptors (Lipinski definition) is 4. The van der Waals surface area contributed by atoms with Gasteiger partial charge in [0.2, 0.25) is 0 Å². The number of aryl methyl sites for hydroxylation is 1. The number of ether oxygens (including phenoxy) is 1. The summed E-state index contributed by atoms with van der Waals surface area (Å²) in [4.78, 5) is 11.8. The van der Waals surface area contributed by atoms with Crippen molar-refractivity contribution >= 4 is 46.2 Å². The summed E-state index contributed by atoms with van der Waals surface area (Å²) in [5.74, 6) is -0.487. The molecule has 6 heteroatoms. The molecule has 0 aliphatic rings. The van der Waals surface area contributed by atoms with E-state index in [1.54, 1.807) is 24.3 Å². The van der Waals surface area contributed by atoms with Crippen molar-refractivity contribution in [1.82, 2.24) is 0 Å². The molecule has 0 bridgehead atoms. The minimum Gasteiger partial charge on any atom is -0.465 e. The normalized spacial score (nSPS) is 10.3. The van der Waals surface area contributed by atoms with Gasteiger partial charge in [0.1, 0.15) is 0 Å². The van der Waals surface area contributed by atoms with Gasteiger partial charge in [-0.2, -0.15) is 0 Å². The second-order valence-electron chi connectivity index (χ2n) is 4.50. The van der Waals surface area contributed by atoms with Crippen molar-refractivity contribution in [3.8, 4) is 0 Å². The average molecular weight is 325 g/mol. The summed E-state index contributed by atoms with van der Waals surface area (Å²) >= 11 is 12.3. The minimum atomic E-state index is -0.487. The second-order valence-corrected chi connectivity index (χ2v) is 5.32. The summed E-state index contributed by atoms with van der Waals surface area (Å²) in [5, 5.41) is 4.16. The van der Waals surface area contributed by atoms with E-state index in [2.05, 4.69) is 5.32 Å². The molecule has 0 aromatic heterocycles. The summed E-state index contributed by atoms with van der Waals surface area (Å²) in [6, 6.07) is 8.36. The van der Waals surface area contributed by atoms with Gasteiger partial charge in [-0.15, -0.1) is 0 Å². The summed E-state index contributed by atoms with van der Waals surface area (Å²) < 4.78 is 4.75. The van der Waals surface area contributed by atoms with Crippen LogP contribution in [0.5, 0.6) is 0 Å². The van der Waals surface area contributed by atoms with E-state index in [0.717, 1.165) is 5.56 Å². The highest BCUT2D eigenvalue weighted by molar-refractivity contribution is 6.35. The lowest BCUT2D eigenvalue weighted by molar-refractivity contribution is 0.0602. The topological polar surface area (TPSA) is 64.3 Å². The first kappa shape index (κ1) is 15.5. The number of carbonyl (C=O) groups excluding carboxylic acids is 1. The zero-order chi connectivity index (χ0) is 15.6. The highest BCUT2D eigenvalue weighted by Gasteiger charge is 2.14. The van der Waals surface area contributed by atoms with Crippen LogP contribution in [0.1, 0.15) is 15.9 Å². The van der Waals surface area contributed by atoms with Crippen LogP contribution in [0.15, 0.2) is 30.3 Å². The maximum atomic E-state index is 11.8. The SMILES string of the molecule is COC(=O)c1cc(N)ccc1Nc1cc(Cl)c(C)cc1Cl. The smallest absolute Gasteiger partial charge is 0.340 e. The summed E-state index contributed by atoms with van der Waals surface area (Å²) in [7, 11) is 1.31. The van der Waals surface area contributed by atoms with Crippen LogP contribution < -0.4 is 11.1 Å². The van der Waals surface area contributed by atoms with Crippen LogP contribution >= 0.6 is 23.2 Å². The van der Waals surface area contributed by atoms with E-state index in [1.165, 1.54) is 13.2 Å². The third-order valence-electron chi connectivity index (χ3n) is 2.97. The number of methoxy groups -OCH3 is 1. The molecule has 0 saturated carbocycles. The Morgan fingerprint density at radius 1 is 1.14 bits per heavy atom. The number of esters is 1. The van der Waals surface area contributed by atoms with Crippen molar-refractivity contribution < 1.29 is 9.53 Å². The van der Waals surface area contributed by atoms with Crippen molar-refractivity contribution in [1.29, 1.82) is 0 Å². The number of hydrogen-bond donors (Lipinski definition) is 2. The van der Waals surface area contributed by atoms with Crippen molar-refractivity contribution in [2.75, 3.05) is 18.2 Å². The molecule has 0 aliphatic heterocycles. The first-order valence-corrected chi connectivity index (χ1v) is 6.88. The molecule has 2 aromatic rings. The number of nitrogens with one attached hydrogen (secondary N) is 1. The van der Waals surface area contributed by atoms with E-state index >= 15 is 0 Å². The van der Waals surface area contributed by atoms with Crippen LogP contribution in [-0.2, 0) is 4.74 Å². The Bertz CT molecular complexity index is 702. The van der Waals surface area contributed by atoms with Gasteiger partial charge < -0.3 is 15.8 Å². The van der Waals surface area contributed by atoms with E-state index in [0.29, 0.717) is 32.7 Å². The molecule has 0 aliphatic carbocycles. The third-order valence-corrected chi connectivity index (χ3v) is 3.69. The van der Waals surface area contributed by atoms with E-state index < -0.39 is 5.97 Å². The predicted molar refractivity (Wildman–Crippen MR) is 86.7 cm³/mol. The number of carbonyl (C=O) groups is 1. The lowest BCUT2D eigenvalue weighted by atomic mass is 10.1. The molecule has 0 atom stereocenters.